The quantitative estimate of drug-likeness (QED) is 0.425. The molecule has 4 rings (SSSR count). The fourth-order valence-corrected chi connectivity index (χ4v) is 4.73. The first kappa shape index (κ1) is 17.9. The Balaban J connectivity index is 0.00000169. The minimum absolute atomic E-state index is 0. The van der Waals surface area contributed by atoms with Crippen LogP contribution in [0.4, 0.5) is 0 Å². The molecule has 24 heavy (non-hydrogen) atoms. The largest absolute Gasteiger partial charge is 0.381 e. The molecule has 130 valence electrons. The van der Waals surface area contributed by atoms with E-state index < -0.39 is 0 Å². The van der Waals surface area contributed by atoms with Crippen molar-refractivity contribution in [2.24, 2.45) is 10.4 Å². The van der Waals surface area contributed by atoms with Crippen molar-refractivity contribution in [3.8, 4) is 0 Å². The van der Waals surface area contributed by atoms with Gasteiger partial charge in [0, 0.05) is 43.4 Å². The molecule has 1 atom stereocenters. The molecule has 2 saturated heterocycles. The fourth-order valence-electron chi connectivity index (χ4n) is 3.76. The van der Waals surface area contributed by atoms with Gasteiger partial charge in [-0.2, -0.15) is 0 Å². The molecule has 2 aliphatic rings. The van der Waals surface area contributed by atoms with E-state index >= 15 is 0 Å². The number of fused-ring (bicyclic) bond motifs is 1. The molecule has 0 saturated carbocycles. The molecule has 1 N–H and O–H groups in total. The lowest BCUT2D eigenvalue weighted by molar-refractivity contribution is 0.156. The van der Waals surface area contributed by atoms with Crippen LogP contribution in [0, 0.1) is 5.41 Å². The number of aliphatic imine (C=N–C) groups is 1. The second kappa shape index (κ2) is 7.58. The van der Waals surface area contributed by atoms with Crippen LogP contribution in [0.1, 0.15) is 18.4 Å². The van der Waals surface area contributed by atoms with E-state index in [2.05, 4.69) is 44.9 Å². The zero-order valence-electron chi connectivity index (χ0n) is 14.0. The molecular formula is C18H24IN3OS. The lowest BCUT2D eigenvalue weighted by atomic mass is 9.87. The van der Waals surface area contributed by atoms with Crippen molar-refractivity contribution >= 4 is 51.4 Å². The number of halogens is 1. The summed E-state index contributed by atoms with van der Waals surface area (Å²) in [4.78, 5) is 6.89. The Hall–Kier alpha value is -0.860. The predicted octanol–water partition coefficient (Wildman–Crippen LogP) is 3.71. The van der Waals surface area contributed by atoms with Crippen LogP contribution in [-0.2, 0) is 11.3 Å². The summed E-state index contributed by atoms with van der Waals surface area (Å²) in [6.45, 7) is 4.80. The van der Waals surface area contributed by atoms with Crippen molar-refractivity contribution in [1.82, 2.24) is 10.2 Å². The van der Waals surface area contributed by atoms with Crippen molar-refractivity contribution in [1.29, 1.82) is 0 Å². The highest BCUT2D eigenvalue weighted by atomic mass is 127. The van der Waals surface area contributed by atoms with E-state index in [1.165, 1.54) is 28.5 Å². The molecule has 1 spiro atoms. The van der Waals surface area contributed by atoms with Crippen molar-refractivity contribution in [3.05, 3.63) is 35.2 Å². The maximum atomic E-state index is 5.63. The molecule has 6 heteroatoms. The third kappa shape index (κ3) is 3.41. The molecule has 2 aromatic rings. The number of benzene rings is 1. The smallest absolute Gasteiger partial charge is 0.193 e. The summed E-state index contributed by atoms with van der Waals surface area (Å²) in [5, 5.41) is 7.15. The van der Waals surface area contributed by atoms with Crippen LogP contribution in [0.15, 0.2) is 34.6 Å². The second-order valence-corrected chi connectivity index (χ2v) is 7.54. The minimum atomic E-state index is 0. The van der Waals surface area contributed by atoms with E-state index in [1.807, 2.05) is 18.4 Å². The van der Waals surface area contributed by atoms with E-state index in [4.69, 9.17) is 4.74 Å². The molecule has 3 heterocycles. The van der Waals surface area contributed by atoms with Gasteiger partial charge in [-0.15, -0.1) is 35.3 Å². The highest BCUT2D eigenvalue weighted by molar-refractivity contribution is 14.0. The van der Waals surface area contributed by atoms with Gasteiger partial charge in [-0.1, -0.05) is 18.2 Å². The lowest BCUT2D eigenvalue weighted by Crippen LogP contribution is -2.41. The first-order valence-corrected chi connectivity index (χ1v) is 9.16. The van der Waals surface area contributed by atoms with Crippen LogP contribution >= 0.6 is 35.3 Å². The van der Waals surface area contributed by atoms with Crippen LogP contribution in [0.3, 0.4) is 0 Å². The zero-order valence-corrected chi connectivity index (χ0v) is 17.1. The molecule has 2 fully saturated rings. The molecule has 1 aromatic carbocycles. The highest BCUT2D eigenvalue weighted by Gasteiger charge is 2.42. The second-order valence-electron chi connectivity index (χ2n) is 6.63. The van der Waals surface area contributed by atoms with Gasteiger partial charge in [0.15, 0.2) is 5.96 Å². The Labute approximate surface area is 164 Å². The number of hydrogen-bond donors (Lipinski definition) is 1. The summed E-state index contributed by atoms with van der Waals surface area (Å²) in [6, 6.07) is 8.59. The third-order valence-corrected chi connectivity index (χ3v) is 6.15. The van der Waals surface area contributed by atoms with Crippen molar-refractivity contribution in [2.45, 2.75) is 19.4 Å². The molecule has 0 amide bonds. The fraction of sp³-hybridized carbons (Fsp3) is 0.500. The molecule has 1 aromatic heterocycles. The Morgan fingerprint density at radius 1 is 1.38 bits per heavy atom. The van der Waals surface area contributed by atoms with Crippen molar-refractivity contribution < 1.29 is 4.74 Å². The zero-order chi connectivity index (χ0) is 15.7. The Kier molecular flexibility index (Phi) is 5.66. The molecule has 0 radical (unpaired) electrons. The first-order valence-electron chi connectivity index (χ1n) is 8.28. The Morgan fingerprint density at radius 3 is 3.04 bits per heavy atom. The number of guanidine groups is 1. The van der Waals surface area contributed by atoms with Crippen molar-refractivity contribution in [2.75, 3.05) is 33.4 Å². The van der Waals surface area contributed by atoms with E-state index in [0.29, 0.717) is 5.41 Å². The number of hydrogen-bond acceptors (Lipinski definition) is 3. The van der Waals surface area contributed by atoms with Gasteiger partial charge in [0.05, 0.1) is 6.61 Å². The predicted molar refractivity (Wildman–Crippen MR) is 111 cm³/mol. The topological polar surface area (TPSA) is 36.9 Å². The third-order valence-electron chi connectivity index (χ3n) is 5.13. The van der Waals surface area contributed by atoms with Crippen LogP contribution < -0.4 is 5.32 Å². The first-order chi connectivity index (χ1) is 11.3. The number of ether oxygens (including phenoxy) is 1. The summed E-state index contributed by atoms with van der Waals surface area (Å²) in [7, 11) is 1.88. The molecule has 2 aliphatic heterocycles. The monoisotopic (exact) mass is 457 g/mol. The number of nitrogens with one attached hydrogen (secondary N) is 1. The summed E-state index contributed by atoms with van der Waals surface area (Å²) < 4.78 is 6.97. The summed E-state index contributed by atoms with van der Waals surface area (Å²) in [6.07, 6.45) is 2.41. The minimum Gasteiger partial charge on any atom is -0.381 e. The molecule has 0 aliphatic carbocycles. The van der Waals surface area contributed by atoms with E-state index in [9.17, 15) is 0 Å². The van der Waals surface area contributed by atoms with Gasteiger partial charge < -0.3 is 15.0 Å². The Morgan fingerprint density at radius 2 is 2.25 bits per heavy atom. The normalized spacial score (nSPS) is 23.9. The van der Waals surface area contributed by atoms with Gasteiger partial charge in [-0.05, 0) is 35.2 Å². The maximum absolute atomic E-state index is 5.63. The number of nitrogens with zero attached hydrogens (tertiary/aromatic N) is 2. The lowest BCUT2D eigenvalue weighted by Gasteiger charge is -2.24. The average molecular weight is 457 g/mol. The number of likely N-dealkylation sites (tertiary alicyclic amines) is 1. The van der Waals surface area contributed by atoms with Gasteiger partial charge in [-0.25, -0.2) is 0 Å². The van der Waals surface area contributed by atoms with Crippen LogP contribution in [0.25, 0.3) is 10.1 Å². The summed E-state index contributed by atoms with van der Waals surface area (Å²) >= 11 is 1.81. The van der Waals surface area contributed by atoms with Gasteiger partial charge >= 0.3 is 0 Å². The average Bonchev–Trinajstić information content (AvgIpc) is 3.30. The molecule has 1 unspecified atom stereocenters. The summed E-state index contributed by atoms with van der Waals surface area (Å²) in [5.41, 5.74) is 1.72. The van der Waals surface area contributed by atoms with E-state index in [0.717, 1.165) is 38.8 Å². The van der Waals surface area contributed by atoms with E-state index in [-0.39, 0.29) is 24.0 Å². The molecule has 0 bridgehead atoms. The summed E-state index contributed by atoms with van der Waals surface area (Å²) in [5.74, 6) is 1.02. The van der Waals surface area contributed by atoms with Crippen LogP contribution in [0.5, 0.6) is 0 Å². The van der Waals surface area contributed by atoms with Crippen molar-refractivity contribution in [3.63, 3.8) is 0 Å². The Bertz CT molecular complexity index is 724. The maximum Gasteiger partial charge on any atom is 0.193 e. The van der Waals surface area contributed by atoms with Crippen LogP contribution in [0.2, 0.25) is 0 Å². The standard InChI is InChI=1S/C18H23N3OS.HI/c1-19-17(21-8-6-18(12-21)7-9-22-13-18)20-10-14-11-23-16-5-3-2-4-15(14)16;/h2-5,11H,6-10,12-13H2,1H3,(H,19,20);1H. The van der Waals surface area contributed by atoms with Gasteiger partial charge in [0.2, 0.25) is 0 Å². The highest BCUT2D eigenvalue weighted by Crippen LogP contribution is 2.38. The number of thiophene rings is 1. The molecular weight excluding hydrogens is 433 g/mol. The van der Waals surface area contributed by atoms with Gasteiger partial charge in [0.25, 0.3) is 0 Å². The van der Waals surface area contributed by atoms with Gasteiger partial charge in [-0.3, -0.25) is 4.99 Å². The number of rotatable bonds is 2. The SMILES string of the molecule is CN=C(NCc1csc2ccccc12)N1CCC2(CCOC2)C1.I. The van der Waals surface area contributed by atoms with Crippen LogP contribution in [-0.4, -0.2) is 44.2 Å². The van der Waals surface area contributed by atoms with E-state index in [1.54, 1.807) is 0 Å². The van der Waals surface area contributed by atoms with Gasteiger partial charge in [0.1, 0.15) is 0 Å². The molecule has 4 nitrogen and oxygen atoms in total.